The monoisotopic (exact) mass is 259 g/mol. The Morgan fingerprint density at radius 2 is 1.83 bits per heavy atom. The van der Waals surface area contributed by atoms with Crippen molar-refractivity contribution in [3.63, 3.8) is 0 Å². The van der Waals surface area contributed by atoms with E-state index in [4.69, 9.17) is 9.47 Å². The Balaban J connectivity index is 3.90. The second kappa shape index (κ2) is 7.95. The smallest absolute Gasteiger partial charge is 0.408 e. The van der Waals surface area contributed by atoms with Gasteiger partial charge in [0.15, 0.2) is 0 Å². The highest BCUT2D eigenvalue weighted by molar-refractivity contribution is 5.80. The van der Waals surface area contributed by atoms with Gasteiger partial charge < -0.3 is 14.8 Å². The fraction of sp³-hybridized carbons (Fsp3) is 0.846. The van der Waals surface area contributed by atoms with Crippen molar-refractivity contribution in [1.82, 2.24) is 5.32 Å². The van der Waals surface area contributed by atoms with Crippen molar-refractivity contribution in [3.8, 4) is 0 Å². The van der Waals surface area contributed by atoms with Crippen molar-refractivity contribution in [2.45, 2.75) is 65.5 Å². The third-order valence-corrected chi connectivity index (χ3v) is 2.08. The fourth-order valence-electron chi connectivity index (χ4n) is 1.19. The third-order valence-electron chi connectivity index (χ3n) is 2.08. The van der Waals surface area contributed by atoms with Gasteiger partial charge in [0.25, 0.3) is 0 Å². The van der Waals surface area contributed by atoms with Crippen LogP contribution in [0, 0.1) is 0 Å². The van der Waals surface area contributed by atoms with Crippen LogP contribution >= 0.6 is 0 Å². The maximum absolute atomic E-state index is 11.5. The van der Waals surface area contributed by atoms with Gasteiger partial charge in [0.1, 0.15) is 11.6 Å². The zero-order valence-electron chi connectivity index (χ0n) is 12.0. The molecular weight excluding hydrogens is 234 g/mol. The van der Waals surface area contributed by atoms with Gasteiger partial charge >= 0.3 is 12.1 Å². The normalized spacial score (nSPS) is 12.7. The number of carbonyl (C=O) groups excluding carboxylic acids is 2. The summed E-state index contributed by atoms with van der Waals surface area (Å²) >= 11 is 0. The number of esters is 1. The van der Waals surface area contributed by atoms with Crippen LogP contribution in [0.5, 0.6) is 0 Å². The van der Waals surface area contributed by atoms with Gasteiger partial charge in [-0.25, -0.2) is 9.59 Å². The van der Waals surface area contributed by atoms with E-state index in [0.29, 0.717) is 6.61 Å². The molecule has 0 radical (unpaired) electrons. The molecule has 0 aliphatic carbocycles. The van der Waals surface area contributed by atoms with Crippen molar-refractivity contribution in [3.05, 3.63) is 0 Å². The number of hydrogen-bond acceptors (Lipinski definition) is 4. The Labute approximate surface area is 109 Å². The van der Waals surface area contributed by atoms with Crippen LogP contribution in [0.2, 0.25) is 0 Å². The van der Waals surface area contributed by atoms with Crippen LogP contribution in [0.1, 0.15) is 53.9 Å². The molecule has 5 heteroatoms. The molecule has 5 nitrogen and oxygen atoms in total. The van der Waals surface area contributed by atoms with Gasteiger partial charge in [-0.15, -0.1) is 0 Å². The van der Waals surface area contributed by atoms with Gasteiger partial charge in [0, 0.05) is 0 Å². The lowest BCUT2D eigenvalue weighted by atomic mass is 10.2. The number of unbranched alkanes of at least 4 members (excludes halogenated alkanes) is 2. The molecule has 0 saturated heterocycles. The molecule has 0 aliphatic rings. The Hall–Kier alpha value is -1.26. The summed E-state index contributed by atoms with van der Waals surface area (Å²) in [4.78, 5) is 22.9. The Kier molecular flexibility index (Phi) is 7.39. The van der Waals surface area contributed by atoms with Crippen molar-refractivity contribution in [2.75, 3.05) is 6.61 Å². The highest BCUT2D eigenvalue weighted by Crippen LogP contribution is 2.07. The minimum absolute atomic E-state index is 0.396. The number of nitrogens with one attached hydrogen (secondary N) is 1. The Morgan fingerprint density at radius 3 is 2.33 bits per heavy atom. The minimum Gasteiger partial charge on any atom is -0.464 e. The van der Waals surface area contributed by atoms with Crippen LogP contribution in [0.25, 0.3) is 0 Å². The molecular formula is C13H25NO4. The summed E-state index contributed by atoms with van der Waals surface area (Å²) in [5.74, 6) is -0.433. The molecule has 106 valence electrons. The van der Waals surface area contributed by atoms with Crippen LogP contribution in [-0.4, -0.2) is 30.3 Å². The van der Waals surface area contributed by atoms with Gasteiger partial charge in [-0.1, -0.05) is 19.8 Å². The summed E-state index contributed by atoms with van der Waals surface area (Å²) in [6.45, 7) is 9.34. The first kappa shape index (κ1) is 16.7. The van der Waals surface area contributed by atoms with Crippen LogP contribution in [0.4, 0.5) is 4.79 Å². The van der Waals surface area contributed by atoms with Crippen LogP contribution < -0.4 is 5.32 Å². The summed E-state index contributed by atoms with van der Waals surface area (Å²) in [5.41, 5.74) is -0.575. The SMILES string of the molecule is CCCCCOC(=O)[C@H](C)NC(=O)OC(C)(C)C. The molecule has 1 N–H and O–H groups in total. The largest absolute Gasteiger partial charge is 0.464 e. The van der Waals surface area contributed by atoms with E-state index in [1.807, 2.05) is 0 Å². The second-order valence-electron chi connectivity index (χ2n) is 5.24. The predicted octanol–water partition coefficient (Wildman–Crippen LogP) is 2.63. The number of amides is 1. The van der Waals surface area contributed by atoms with Gasteiger partial charge in [-0.3, -0.25) is 0 Å². The predicted molar refractivity (Wildman–Crippen MR) is 69.3 cm³/mol. The molecule has 0 aromatic rings. The topological polar surface area (TPSA) is 64.6 Å². The number of alkyl carbamates (subject to hydrolysis) is 1. The van der Waals surface area contributed by atoms with Crippen molar-refractivity contribution in [2.24, 2.45) is 0 Å². The first-order valence-corrected chi connectivity index (χ1v) is 6.42. The first-order valence-electron chi connectivity index (χ1n) is 6.42. The summed E-state index contributed by atoms with van der Waals surface area (Å²) < 4.78 is 10.1. The van der Waals surface area contributed by atoms with Crippen LogP contribution in [0.3, 0.4) is 0 Å². The molecule has 1 atom stereocenters. The highest BCUT2D eigenvalue weighted by atomic mass is 16.6. The number of hydrogen-bond donors (Lipinski definition) is 1. The number of ether oxygens (including phenoxy) is 2. The number of carbonyl (C=O) groups is 2. The molecule has 0 fully saturated rings. The summed E-state index contributed by atoms with van der Waals surface area (Å²) in [6, 6.07) is -0.693. The molecule has 0 heterocycles. The molecule has 0 aliphatic heterocycles. The fourth-order valence-corrected chi connectivity index (χ4v) is 1.19. The molecule has 0 bridgehead atoms. The van der Waals surface area contributed by atoms with Crippen LogP contribution in [-0.2, 0) is 14.3 Å². The Bertz CT molecular complexity index is 271. The van der Waals surface area contributed by atoms with E-state index in [-0.39, 0.29) is 0 Å². The van der Waals surface area contributed by atoms with Gasteiger partial charge in [-0.2, -0.15) is 0 Å². The lowest BCUT2D eigenvalue weighted by molar-refractivity contribution is -0.145. The minimum atomic E-state index is -0.693. The maximum Gasteiger partial charge on any atom is 0.408 e. The molecule has 0 rings (SSSR count). The molecule has 0 unspecified atom stereocenters. The molecule has 0 saturated carbocycles. The summed E-state index contributed by atoms with van der Waals surface area (Å²) in [7, 11) is 0. The molecule has 18 heavy (non-hydrogen) atoms. The van der Waals surface area contributed by atoms with Gasteiger partial charge in [0.05, 0.1) is 6.61 Å². The van der Waals surface area contributed by atoms with Crippen molar-refractivity contribution < 1.29 is 19.1 Å². The Morgan fingerprint density at radius 1 is 1.22 bits per heavy atom. The van der Waals surface area contributed by atoms with E-state index in [1.165, 1.54) is 0 Å². The first-order chi connectivity index (χ1) is 8.26. The highest BCUT2D eigenvalue weighted by Gasteiger charge is 2.21. The molecule has 0 aromatic heterocycles. The van der Waals surface area contributed by atoms with E-state index in [0.717, 1.165) is 19.3 Å². The van der Waals surface area contributed by atoms with E-state index in [9.17, 15) is 9.59 Å². The zero-order valence-corrected chi connectivity index (χ0v) is 12.0. The van der Waals surface area contributed by atoms with Gasteiger partial charge in [0.2, 0.25) is 0 Å². The van der Waals surface area contributed by atoms with Crippen molar-refractivity contribution in [1.29, 1.82) is 0 Å². The van der Waals surface area contributed by atoms with E-state index < -0.39 is 23.7 Å². The lowest BCUT2D eigenvalue weighted by Gasteiger charge is -2.21. The molecule has 0 aromatic carbocycles. The lowest BCUT2D eigenvalue weighted by Crippen LogP contribution is -2.42. The maximum atomic E-state index is 11.5. The average Bonchev–Trinajstić information content (AvgIpc) is 2.21. The van der Waals surface area contributed by atoms with E-state index in [2.05, 4.69) is 12.2 Å². The van der Waals surface area contributed by atoms with Crippen molar-refractivity contribution >= 4 is 12.1 Å². The van der Waals surface area contributed by atoms with E-state index >= 15 is 0 Å². The second-order valence-corrected chi connectivity index (χ2v) is 5.24. The molecule has 0 spiro atoms. The summed E-state index contributed by atoms with van der Waals surface area (Å²) in [5, 5.41) is 2.44. The van der Waals surface area contributed by atoms with Gasteiger partial charge in [-0.05, 0) is 34.1 Å². The molecule has 1 amide bonds. The number of rotatable bonds is 6. The zero-order chi connectivity index (χ0) is 14.2. The standard InChI is InChI=1S/C13H25NO4/c1-6-7-8-9-17-11(15)10(2)14-12(16)18-13(3,4)5/h10H,6-9H2,1-5H3,(H,14,16)/t10-/m0/s1. The summed E-state index contributed by atoms with van der Waals surface area (Å²) in [6.07, 6.45) is 2.34. The van der Waals surface area contributed by atoms with E-state index in [1.54, 1.807) is 27.7 Å². The quantitative estimate of drug-likeness (QED) is 0.588. The average molecular weight is 259 g/mol. The third kappa shape index (κ3) is 8.84. The van der Waals surface area contributed by atoms with Crippen LogP contribution in [0.15, 0.2) is 0 Å².